The van der Waals surface area contributed by atoms with Gasteiger partial charge in [-0.05, 0) is 32.2 Å². The van der Waals surface area contributed by atoms with E-state index in [0.29, 0.717) is 17.1 Å². The molecule has 0 unspecified atom stereocenters. The Bertz CT molecular complexity index is 699. The second-order valence-corrected chi connectivity index (χ2v) is 5.83. The van der Waals surface area contributed by atoms with Crippen LogP contribution >= 0.6 is 0 Å². The predicted molar refractivity (Wildman–Crippen MR) is 88.4 cm³/mol. The first kappa shape index (κ1) is 15.7. The maximum Gasteiger partial charge on any atom is 0.164 e. The SMILES string of the molecule is COc1ccc(F)c(-c2nc(C)cc(N3CCN(C)CC3)n2)c1. The Morgan fingerprint density at radius 3 is 2.52 bits per heavy atom. The van der Waals surface area contributed by atoms with Crippen LogP contribution in [-0.2, 0) is 0 Å². The minimum atomic E-state index is -0.347. The highest BCUT2D eigenvalue weighted by molar-refractivity contribution is 5.61. The quantitative estimate of drug-likeness (QED) is 0.869. The molecule has 0 bridgehead atoms. The molecule has 1 saturated heterocycles. The van der Waals surface area contributed by atoms with Gasteiger partial charge < -0.3 is 14.5 Å². The topological polar surface area (TPSA) is 41.5 Å². The molecule has 1 aromatic carbocycles. The van der Waals surface area contributed by atoms with E-state index in [0.717, 1.165) is 37.7 Å². The molecule has 0 aliphatic carbocycles. The van der Waals surface area contributed by atoms with Crippen LogP contribution in [0.2, 0.25) is 0 Å². The fourth-order valence-corrected chi connectivity index (χ4v) is 2.67. The minimum absolute atomic E-state index is 0.347. The molecule has 0 saturated carbocycles. The van der Waals surface area contributed by atoms with Gasteiger partial charge in [0.25, 0.3) is 0 Å². The molecule has 0 spiro atoms. The number of aryl methyl sites for hydroxylation is 1. The number of rotatable bonds is 3. The lowest BCUT2D eigenvalue weighted by atomic mass is 10.1. The van der Waals surface area contributed by atoms with Crippen LogP contribution in [0.5, 0.6) is 5.75 Å². The first-order valence-corrected chi connectivity index (χ1v) is 7.70. The van der Waals surface area contributed by atoms with Crippen molar-refractivity contribution in [1.29, 1.82) is 0 Å². The molecule has 6 heteroatoms. The molecule has 1 fully saturated rings. The number of hydrogen-bond donors (Lipinski definition) is 0. The Morgan fingerprint density at radius 2 is 1.83 bits per heavy atom. The summed E-state index contributed by atoms with van der Waals surface area (Å²) in [6.07, 6.45) is 0. The molecule has 2 heterocycles. The maximum atomic E-state index is 14.2. The summed E-state index contributed by atoms with van der Waals surface area (Å²) in [7, 11) is 3.67. The molecule has 0 radical (unpaired) electrons. The minimum Gasteiger partial charge on any atom is -0.497 e. The lowest BCUT2D eigenvalue weighted by Crippen LogP contribution is -2.44. The van der Waals surface area contributed by atoms with Crippen LogP contribution in [0.15, 0.2) is 24.3 Å². The van der Waals surface area contributed by atoms with Crippen molar-refractivity contribution in [2.45, 2.75) is 6.92 Å². The Balaban J connectivity index is 1.97. The third-order valence-corrected chi connectivity index (χ3v) is 4.08. The summed E-state index contributed by atoms with van der Waals surface area (Å²) in [5.41, 5.74) is 1.19. The molecule has 3 rings (SSSR count). The number of nitrogens with zero attached hydrogens (tertiary/aromatic N) is 4. The van der Waals surface area contributed by atoms with E-state index < -0.39 is 0 Å². The van der Waals surface area contributed by atoms with Crippen LogP contribution in [0, 0.1) is 12.7 Å². The van der Waals surface area contributed by atoms with Gasteiger partial charge >= 0.3 is 0 Å². The maximum absolute atomic E-state index is 14.2. The van der Waals surface area contributed by atoms with Crippen molar-refractivity contribution in [1.82, 2.24) is 14.9 Å². The van der Waals surface area contributed by atoms with Crippen LogP contribution < -0.4 is 9.64 Å². The van der Waals surface area contributed by atoms with Gasteiger partial charge in [-0.25, -0.2) is 14.4 Å². The van der Waals surface area contributed by atoms with Gasteiger partial charge in [-0.15, -0.1) is 0 Å². The van der Waals surface area contributed by atoms with Gasteiger partial charge in [0.1, 0.15) is 17.4 Å². The van der Waals surface area contributed by atoms with Crippen molar-refractivity contribution in [2.75, 3.05) is 45.2 Å². The van der Waals surface area contributed by atoms with Crippen LogP contribution in [-0.4, -0.2) is 55.2 Å². The predicted octanol–water partition coefficient (Wildman–Crippen LogP) is 2.35. The number of benzene rings is 1. The van der Waals surface area contributed by atoms with Gasteiger partial charge in [-0.2, -0.15) is 0 Å². The fourth-order valence-electron chi connectivity index (χ4n) is 2.67. The number of aromatic nitrogens is 2. The highest BCUT2D eigenvalue weighted by Crippen LogP contribution is 2.26. The second kappa shape index (κ2) is 6.50. The Morgan fingerprint density at radius 1 is 1.09 bits per heavy atom. The lowest BCUT2D eigenvalue weighted by molar-refractivity contribution is 0.312. The summed E-state index contributed by atoms with van der Waals surface area (Å²) >= 11 is 0. The number of hydrogen-bond acceptors (Lipinski definition) is 5. The molecule has 1 aliphatic heterocycles. The van der Waals surface area contributed by atoms with Crippen molar-refractivity contribution in [3.05, 3.63) is 35.8 Å². The van der Waals surface area contributed by atoms with Crippen molar-refractivity contribution < 1.29 is 9.13 Å². The van der Waals surface area contributed by atoms with E-state index in [9.17, 15) is 4.39 Å². The molecule has 1 aromatic heterocycles. The Labute approximate surface area is 135 Å². The summed E-state index contributed by atoms with van der Waals surface area (Å²) in [5.74, 6) is 1.49. The highest BCUT2D eigenvalue weighted by atomic mass is 19.1. The summed E-state index contributed by atoms with van der Waals surface area (Å²) < 4.78 is 19.4. The zero-order valence-corrected chi connectivity index (χ0v) is 13.7. The molecule has 0 atom stereocenters. The van der Waals surface area contributed by atoms with Gasteiger partial charge in [-0.1, -0.05) is 0 Å². The monoisotopic (exact) mass is 316 g/mol. The Hall–Kier alpha value is -2.21. The summed E-state index contributed by atoms with van der Waals surface area (Å²) in [6.45, 7) is 5.71. The molecule has 1 aliphatic rings. The lowest BCUT2D eigenvalue weighted by Gasteiger charge is -2.33. The van der Waals surface area contributed by atoms with Gasteiger partial charge in [0.05, 0.1) is 12.7 Å². The normalized spacial score (nSPS) is 15.7. The second-order valence-electron chi connectivity index (χ2n) is 5.83. The summed E-state index contributed by atoms with van der Waals surface area (Å²) in [4.78, 5) is 13.5. The number of methoxy groups -OCH3 is 1. The van der Waals surface area contributed by atoms with E-state index in [1.54, 1.807) is 19.2 Å². The largest absolute Gasteiger partial charge is 0.497 e. The molecule has 122 valence electrons. The van der Waals surface area contributed by atoms with Gasteiger partial charge in [0, 0.05) is 37.9 Å². The summed E-state index contributed by atoms with van der Waals surface area (Å²) in [5, 5.41) is 0. The molecular formula is C17H21FN4O. The summed E-state index contributed by atoms with van der Waals surface area (Å²) in [6, 6.07) is 6.57. The van der Waals surface area contributed by atoms with E-state index in [4.69, 9.17) is 4.74 Å². The van der Waals surface area contributed by atoms with Crippen LogP contribution in [0.3, 0.4) is 0 Å². The van der Waals surface area contributed by atoms with Crippen LogP contribution in [0.25, 0.3) is 11.4 Å². The number of anilines is 1. The number of likely N-dealkylation sites (N-methyl/N-ethyl adjacent to an activating group) is 1. The van der Waals surface area contributed by atoms with Crippen LogP contribution in [0.1, 0.15) is 5.69 Å². The van der Waals surface area contributed by atoms with E-state index in [-0.39, 0.29) is 5.82 Å². The van der Waals surface area contributed by atoms with Crippen LogP contribution in [0.4, 0.5) is 10.2 Å². The number of ether oxygens (including phenoxy) is 1. The molecule has 0 N–H and O–H groups in total. The van der Waals surface area contributed by atoms with E-state index in [2.05, 4.69) is 26.8 Å². The third kappa shape index (κ3) is 3.42. The van der Waals surface area contributed by atoms with E-state index in [1.165, 1.54) is 6.07 Å². The number of piperazine rings is 1. The smallest absolute Gasteiger partial charge is 0.164 e. The highest BCUT2D eigenvalue weighted by Gasteiger charge is 2.18. The zero-order valence-electron chi connectivity index (χ0n) is 13.7. The van der Waals surface area contributed by atoms with E-state index in [1.807, 2.05) is 13.0 Å². The third-order valence-electron chi connectivity index (χ3n) is 4.08. The van der Waals surface area contributed by atoms with Crippen molar-refractivity contribution >= 4 is 5.82 Å². The van der Waals surface area contributed by atoms with Crippen molar-refractivity contribution in [2.24, 2.45) is 0 Å². The molecule has 2 aromatic rings. The number of halogens is 1. The molecule has 23 heavy (non-hydrogen) atoms. The fraction of sp³-hybridized carbons (Fsp3) is 0.412. The molecular weight excluding hydrogens is 295 g/mol. The molecule has 0 amide bonds. The van der Waals surface area contributed by atoms with Gasteiger partial charge in [-0.3, -0.25) is 0 Å². The first-order valence-electron chi connectivity index (χ1n) is 7.70. The van der Waals surface area contributed by atoms with Gasteiger partial charge in [0.15, 0.2) is 5.82 Å². The first-order chi connectivity index (χ1) is 11.1. The van der Waals surface area contributed by atoms with Gasteiger partial charge in [0.2, 0.25) is 0 Å². The Kier molecular flexibility index (Phi) is 4.43. The molecule has 5 nitrogen and oxygen atoms in total. The average molecular weight is 316 g/mol. The average Bonchev–Trinajstić information content (AvgIpc) is 2.55. The van der Waals surface area contributed by atoms with E-state index >= 15 is 0 Å². The van der Waals surface area contributed by atoms with Crippen molar-refractivity contribution in [3.63, 3.8) is 0 Å². The zero-order chi connectivity index (χ0) is 16.4. The van der Waals surface area contributed by atoms with Crippen molar-refractivity contribution in [3.8, 4) is 17.1 Å². The standard InChI is InChI=1S/C17H21FN4O/c1-12-10-16(22-8-6-21(2)7-9-22)20-17(19-12)14-11-13(23-3)4-5-15(14)18/h4-5,10-11H,6-9H2,1-3H3.